The predicted octanol–water partition coefficient (Wildman–Crippen LogP) is 4.14. The van der Waals surface area contributed by atoms with Crippen LogP contribution < -0.4 is 0 Å². The molecule has 0 saturated heterocycles. The summed E-state index contributed by atoms with van der Waals surface area (Å²) < 4.78 is 0. The van der Waals surface area contributed by atoms with E-state index in [-0.39, 0.29) is 0 Å². The molecule has 0 radical (unpaired) electrons. The minimum absolute atomic E-state index is 0.662. The summed E-state index contributed by atoms with van der Waals surface area (Å²) in [4.78, 5) is 0. The van der Waals surface area contributed by atoms with Gasteiger partial charge in [0.15, 0.2) is 0 Å². The maximum absolute atomic E-state index is 5.48. The molecule has 0 N–H and O–H groups in total. The van der Waals surface area contributed by atoms with E-state index in [1.807, 2.05) is 6.08 Å². The minimum atomic E-state index is 0.662. The van der Waals surface area contributed by atoms with Crippen molar-refractivity contribution >= 4 is 11.6 Å². The Balaban J connectivity index is 2.85. The van der Waals surface area contributed by atoms with E-state index in [9.17, 15) is 0 Å². The molecule has 0 nitrogen and oxygen atoms in total. The summed E-state index contributed by atoms with van der Waals surface area (Å²) in [6, 6.07) is 0. The Morgan fingerprint density at radius 1 is 1.00 bits per heavy atom. The number of hydrogen-bond acceptors (Lipinski definition) is 0. The highest BCUT2D eigenvalue weighted by Gasteiger charge is 1.85. The van der Waals surface area contributed by atoms with Crippen molar-refractivity contribution in [3.05, 3.63) is 12.2 Å². The van der Waals surface area contributed by atoms with E-state index in [2.05, 4.69) is 13.0 Å². The second kappa shape index (κ2) is 10.0. The Bertz CT molecular complexity index is 86.9. The fourth-order valence-electron chi connectivity index (χ4n) is 1.05. The van der Waals surface area contributed by atoms with Gasteiger partial charge < -0.3 is 0 Å². The Morgan fingerprint density at radius 2 is 1.73 bits per heavy atom. The maximum Gasteiger partial charge on any atom is 0.0404 e. The minimum Gasteiger partial charge on any atom is -0.122 e. The predicted molar refractivity (Wildman–Crippen MR) is 53.2 cm³/mol. The fourth-order valence-corrected chi connectivity index (χ4v) is 1.17. The van der Waals surface area contributed by atoms with Gasteiger partial charge in [0.25, 0.3) is 0 Å². The summed E-state index contributed by atoms with van der Waals surface area (Å²) in [6.07, 6.45) is 12.2. The van der Waals surface area contributed by atoms with Crippen LogP contribution in [0.3, 0.4) is 0 Å². The number of rotatable bonds is 7. The molecule has 0 aliphatic rings. The Labute approximate surface area is 75.6 Å². The zero-order valence-corrected chi connectivity index (χ0v) is 8.24. The third-order valence-electron chi connectivity index (χ3n) is 1.73. The topological polar surface area (TPSA) is 0 Å². The first-order valence-electron chi connectivity index (χ1n) is 4.62. The van der Waals surface area contributed by atoms with Crippen LogP contribution in [0.5, 0.6) is 0 Å². The smallest absolute Gasteiger partial charge is 0.0404 e. The molecular weight excluding hydrogens is 156 g/mol. The van der Waals surface area contributed by atoms with Crippen LogP contribution in [-0.2, 0) is 0 Å². The first-order valence-corrected chi connectivity index (χ1v) is 5.16. The van der Waals surface area contributed by atoms with Gasteiger partial charge in [-0.25, -0.2) is 0 Å². The van der Waals surface area contributed by atoms with Gasteiger partial charge in [-0.05, 0) is 12.8 Å². The van der Waals surface area contributed by atoms with Crippen LogP contribution in [0.4, 0.5) is 0 Å². The Morgan fingerprint density at radius 3 is 2.36 bits per heavy atom. The summed E-state index contributed by atoms with van der Waals surface area (Å²) in [5.41, 5.74) is 0. The van der Waals surface area contributed by atoms with E-state index in [0.29, 0.717) is 5.88 Å². The van der Waals surface area contributed by atoms with Crippen LogP contribution in [0.2, 0.25) is 0 Å². The largest absolute Gasteiger partial charge is 0.122 e. The average Bonchev–Trinajstić information content (AvgIpc) is 2.03. The maximum atomic E-state index is 5.48. The fraction of sp³-hybridized carbons (Fsp3) is 0.800. The summed E-state index contributed by atoms with van der Waals surface area (Å²) in [6.45, 7) is 2.24. The van der Waals surface area contributed by atoms with Crippen molar-refractivity contribution in [2.45, 2.75) is 45.4 Å². The average molecular weight is 175 g/mol. The SMILES string of the molecule is CCCCCCC/C=C\CCl. The van der Waals surface area contributed by atoms with Crippen molar-refractivity contribution in [3.63, 3.8) is 0 Å². The van der Waals surface area contributed by atoms with Gasteiger partial charge in [0.1, 0.15) is 0 Å². The lowest BCUT2D eigenvalue weighted by molar-refractivity contribution is 0.637. The Kier molecular flexibility index (Phi) is 10.1. The molecule has 66 valence electrons. The quantitative estimate of drug-likeness (QED) is 0.309. The van der Waals surface area contributed by atoms with Gasteiger partial charge in [-0.15, -0.1) is 11.6 Å². The van der Waals surface area contributed by atoms with Gasteiger partial charge in [-0.3, -0.25) is 0 Å². The van der Waals surface area contributed by atoms with Crippen LogP contribution in [0.25, 0.3) is 0 Å². The molecule has 0 aromatic heterocycles. The van der Waals surface area contributed by atoms with Crippen LogP contribution in [0.15, 0.2) is 12.2 Å². The molecular formula is C10H19Cl. The van der Waals surface area contributed by atoms with Crippen LogP contribution in [0.1, 0.15) is 45.4 Å². The van der Waals surface area contributed by atoms with Crippen molar-refractivity contribution in [2.75, 3.05) is 5.88 Å². The van der Waals surface area contributed by atoms with Crippen molar-refractivity contribution in [1.82, 2.24) is 0 Å². The molecule has 0 saturated carbocycles. The molecule has 0 bridgehead atoms. The lowest BCUT2D eigenvalue weighted by Gasteiger charge is -1.95. The van der Waals surface area contributed by atoms with Gasteiger partial charge >= 0.3 is 0 Å². The van der Waals surface area contributed by atoms with Crippen LogP contribution in [0, 0.1) is 0 Å². The molecule has 0 aliphatic heterocycles. The van der Waals surface area contributed by atoms with Gasteiger partial charge in [0.2, 0.25) is 0 Å². The second-order valence-corrected chi connectivity index (χ2v) is 3.14. The highest BCUT2D eigenvalue weighted by Crippen LogP contribution is 2.05. The molecule has 0 spiro atoms. The zero-order valence-electron chi connectivity index (χ0n) is 7.48. The standard InChI is InChI=1S/C10H19Cl/c1-2-3-4-5-6-7-8-9-10-11/h8-9H,2-7,10H2,1H3/b9-8-. The lowest BCUT2D eigenvalue weighted by atomic mass is 10.1. The first-order chi connectivity index (χ1) is 5.41. The highest BCUT2D eigenvalue weighted by atomic mass is 35.5. The van der Waals surface area contributed by atoms with E-state index in [0.717, 1.165) is 0 Å². The van der Waals surface area contributed by atoms with E-state index in [1.165, 1.54) is 38.5 Å². The number of hydrogen-bond donors (Lipinski definition) is 0. The summed E-state index contributed by atoms with van der Waals surface area (Å²) in [5.74, 6) is 0.662. The normalized spacial score (nSPS) is 11.1. The third-order valence-corrected chi connectivity index (χ3v) is 1.91. The van der Waals surface area contributed by atoms with Crippen molar-refractivity contribution in [2.24, 2.45) is 0 Å². The first kappa shape index (κ1) is 11.0. The molecule has 0 atom stereocenters. The number of alkyl halides is 1. The monoisotopic (exact) mass is 174 g/mol. The summed E-state index contributed by atoms with van der Waals surface area (Å²) >= 11 is 5.48. The highest BCUT2D eigenvalue weighted by molar-refractivity contribution is 6.18. The summed E-state index contributed by atoms with van der Waals surface area (Å²) in [5, 5.41) is 0. The van der Waals surface area contributed by atoms with E-state index >= 15 is 0 Å². The van der Waals surface area contributed by atoms with Gasteiger partial charge in [-0.1, -0.05) is 44.8 Å². The van der Waals surface area contributed by atoms with E-state index in [1.54, 1.807) is 0 Å². The third kappa shape index (κ3) is 10.0. The molecule has 11 heavy (non-hydrogen) atoms. The molecule has 0 heterocycles. The number of halogens is 1. The van der Waals surface area contributed by atoms with Gasteiger partial charge in [0.05, 0.1) is 0 Å². The van der Waals surface area contributed by atoms with Crippen molar-refractivity contribution < 1.29 is 0 Å². The molecule has 0 rings (SSSR count). The van der Waals surface area contributed by atoms with Gasteiger partial charge in [-0.2, -0.15) is 0 Å². The van der Waals surface area contributed by atoms with E-state index < -0.39 is 0 Å². The van der Waals surface area contributed by atoms with Crippen LogP contribution >= 0.6 is 11.6 Å². The zero-order chi connectivity index (χ0) is 8.36. The van der Waals surface area contributed by atoms with Crippen molar-refractivity contribution in [1.29, 1.82) is 0 Å². The number of unbranched alkanes of at least 4 members (excludes halogenated alkanes) is 5. The molecule has 0 unspecified atom stereocenters. The lowest BCUT2D eigenvalue weighted by Crippen LogP contribution is -1.75. The summed E-state index contributed by atoms with van der Waals surface area (Å²) in [7, 11) is 0. The van der Waals surface area contributed by atoms with Crippen LogP contribution in [-0.4, -0.2) is 5.88 Å². The Hall–Kier alpha value is 0.0300. The molecule has 0 aromatic carbocycles. The molecule has 0 fully saturated rings. The molecule has 0 amide bonds. The van der Waals surface area contributed by atoms with E-state index in [4.69, 9.17) is 11.6 Å². The second-order valence-electron chi connectivity index (χ2n) is 2.83. The van der Waals surface area contributed by atoms with Gasteiger partial charge in [0, 0.05) is 5.88 Å². The molecule has 1 heteroatoms. The number of allylic oxidation sites excluding steroid dienone is 2. The molecule has 0 aliphatic carbocycles. The van der Waals surface area contributed by atoms with Crippen molar-refractivity contribution in [3.8, 4) is 0 Å². The molecule has 0 aromatic rings.